The molecule has 0 saturated carbocycles. The molecule has 5 heteroatoms. The molecule has 0 aliphatic heterocycles. The van der Waals surface area contributed by atoms with Gasteiger partial charge in [0.2, 0.25) is 0 Å². The molecule has 0 fully saturated rings. The minimum atomic E-state index is -1.16. The number of benzene rings is 3. The normalized spacial score (nSPS) is 10.4. The van der Waals surface area contributed by atoms with E-state index in [1.54, 1.807) is 49.4 Å². The number of hydrogen-bond acceptors (Lipinski definition) is 4. The number of para-hydroxylation sites is 1. The highest BCUT2D eigenvalue weighted by molar-refractivity contribution is 6.09. The van der Waals surface area contributed by atoms with E-state index in [1.165, 1.54) is 12.1 Å². The minimum Gasteiger partial charge on any atom is -0.487 e. The average molecular weight is 388 g/mol. The lowest BCUT2D eigenvalue weighted by molar-refractivity contribution is 0.0691. The van der Waals surface area contributed by atoms with Crippen LogP contribution in [0.4, 0.5) is 0 Å². The molecule has 3 aromatic rings. The summed E-state index contributed by atoms with van der Waals surface area (Å²) < 4.78 is 5.74. The molecule has 0 radical (unpaired) electrons. The lowest BCUT2D eigenvalue weighted by Crippen LogP contribution is -2.09. The van der Waals surface area contributed by atoms with Crippen molar-refractivity contribution < 1.29 is 24.2 Å². The SMILES string of the molecule is CCC(=O)c1cccc(C(=O)O)c1OCc1ccc(C(=O)c2ccccc2)cc1. The molecule has 0 aromatic heterocycles. The van der Waals surface area contributed by atoms with E-state index in [1.807, 2.05) is 18.2 Å². The Labute approximate surface area is 168 Å². The Bertz CT molecular complexity index is 1040. The second-order valence-corrected chi connectivity index (χ2v) is 6.44. The third-order valence-electron chi connectivity index (χ3n) is 4.50. The number of carboxylic acids is 1. The molecule has 0 atom stereocenters. The maximum atomic E-state index is 12.5. The number of hydrogen-bond donors (Lipinski definition) is 1. The molecule has 29 heavy (non-hydrogen) atoms. The van der Waals surface area contributed by atoms with Crippen molar-refractivity contribution in [2.75, 3.05) is 0 Å². The Hall–Kier alpha value is -3.73. The van der Waals surface area contributed by atoms with Crippen molar-refractivity contribution in [3.8, 4) is 5.75 Å². The van der Waals surface area contributed by atoms with Gasteiger partial charge < -0.3 is 9.84 Å². The lowest BCUT2D eigenvalue weighted by atomic mass is 10.0. The first-order chi connectivity index (χ1) is 14.0. The molecular weight excluding hydrogens is 368 g/mol. The third-order valence-corrected chi connectivity index (χ3v) is 4.50. The van der Waals surface area contributed by atoms with Crippen molar-refractivity contribution in [1.29, 1.82) is 0 Å². The Morgan fingerprint density at radius 1 is 0.793 bits per heavy atom. The summed E-state index contributed by atoms with van der Waals surface area (Å²) in [5, 5.41) is 9.42. The van der Waals surface area contributed by atoms with Crippen LogP contribution in [-0.4, -0.2) is 22.6 Å². The van der Waals surface area contributed by atoms with Crippen LogP contribution in [0.3, 0.4) is 0 Å². The molecule has 3 rings (SSSR count). The smallest absolute Gasteiger partial charge is 0.339 e. The maximum Gasteiger partial charge on any atom is 0.339 e. The number of aromatic carboxylic acids is 1. The van der Waals surface area contributed by atoms with Crippen molar-refractivity contribution in [3.05, 3.63) is 101 Å². The zero-order valence-electron chi connectivity index (χ0n) is 15.9. The fourth-order valence-electron chi connectivity index (χ4n) is 2.94. The van der Waals surface area contributed by atoms with Crippen LogP contribution in [0.1, 0.15) is 55.5 Å². The van der Waals surface area contributed by atoms with Crippen LogP contribution < -0.4 is 4.74 Å². The topological polar surface area (TPSA) is 80.7 Å². The minimum absolute atomic E-state index is 0.0554. The third kappa shape index (κ3) is 4.58. The van der Waals surface area contributed by atoms with Crippen LogP contribution in [0, 0.1) is 0 Å². The molecule has 0 aliphatic carbocycles. The molecule has 0 saturated heterocycles. The van der Waals surface area contributed by atoms with Crippen LogP contribution in [0.25, 0.3) is 0 Å². The second kappa shape index (κ2) is 8.97. The first kappa shape index (κ1) is 20.0. The van der Waals surface area contributed by atoms with E-state index in [-0.39, 0.29) is 41.5 Å². The summed E-state index contributed by atoms with van der Waals surface area (Å²) in [7, 11) is 0. The van der Waals surface area contributed by atoms with E-state index in [2.05, 4.69) is 0 Å². The number of Topliss-reactive ketones (excluding diaryl/α,β-unsaturated/α-hetero) is 1. The number of ether oxygens (including phenoxy) is 1. The van der Waals surface area contributed by atoms with Gasteiger partial charge in [0.25, 0.3) is 0 Å². The Morgan fingerprint density at radius 2 is 1.41 bits per heavy atom. The highest BCUT2D eigenvalue weighted by atomic mass is 16.5. The van der Waals surface area contributed by atoms with Gasteiger partial charge in [0.1, 0.15) is 17.9 Å². The van der Waals surface area contributed by atoms with E-state index >= 15 is 0 Å². The molecule has 5 nitrogen and oxygen atoms in total. The van der Waals surface area contributed by atoms with Crippen molar-refractivity contribution in [1.82, 2.24) is 0 Å². The van der Waals surface area contributed by atoms with Gasteiger partial charge in [-0.3, -0.25) is 9.59 Å². The van der Waals surface area contributed by atoms with Gasteiger partial charge in [0, 0.05) is 17.5 Å². The molecule has 3 aromatic carbocycles. The summed E-state index contributed by atoms with van der Waals surface area (Å²) in [4.78, 5) is 36.2. The molecule has 146 valence electrons. The largest absolute Gasteiger partial charge is 0.487 e. The first-order valence-electron chi connectivity index (χ1n) is 9.22. The first-order valence-corrected chi connectivity index (χ1v) is 9.22. The van der Waals surface area contributed by atoms with Crippen molar-refractivity contribution in [2.24, 2.45) is 0 Å². The fraction of sp³-hybridized carbons (Fsp3) is 0.125. The summed E-state index contributed by atoms with van der Waals surface area (Å²) in [6, 6.07) is 20.4. The maximum absolute atomic E-state index is 12.5. The lowest BCUT2D eigenvalue weighted by Gasteiger charge is -2.13. The summed E-state index contributed by atoms with van der Waals surface area (Å²) in [5.41, 5.74) is 2.11. The van der Waals surface area contributed by atoms with Gasteiger partial charge in [0.05, 0.1) is 5.56 Å². The van der Waals surface area contributed by atoms with Gasteiger partial charge >= 0.3 is 5.97 Å². The number of carbonyl (C=O) groups is 3. The quantitative estimate of drug-likeness (QED) is 0.561. The van der Waals surface area contributed by atoms with Gasteiger partial charge in [-0.15, -0.1) is 0 Å². The van der Waals surface area contributed by atoms with E-state index in [0.717, 1.165) is 5.56 Å². The molecule has 0 amide bonds. The highest BCUT2D eigenvalue weighted by Crippen LogP contribution is 2.27. The summed E-state index contributed by atoms with van der Waals surface area (Å²) in [6.45, 7) is 1.79. The molecular formula is C24H20O5. The molecule has 1 N–H and O–H groups in total. The Kier molecular flexibility index (Phi) is 6.19. The van der Waals surface area contributed by atoms with Crippen molar-refractivity contribution in [2.45, 2.75) is 20.0 Å². The molecule has 0 aliphatic rings. The molecule has 0 heterocycles. The predicted molar refractivity (Wildman–Crippen MR) is 109 cm³/mol. The monoisotopic (exact) mass is 388 g/mol. The summed E-state index contributed by atoms with van der Waals surface area (Å²) >= 11 is 0. The van der Waals surface area contributed by atoms with Gasteiger partial charge in [-0.25, -0.2) is 4.79 Å². The number of rotatable bonds is 8. The van der Waals surface area contributed by atoms with E-state index in [9.17, 15) is 19.5 Å². The summed E-state index contributed by atoms with van der Waals surface area (Å²) in [5.74, 6) is -1.36. The van der Waals surface area contributed by atoms with Gasteiger partial charge in [-0.1, -0.05) is 67.6 Å². The highest BCUT2D eigenvalue weighted by Gasteiger charge is 2.19. The van der Waals surface area contributed by atoms with Crippen LogP contribution in [0.15, 0.2) is 72.8 Å². The second-order valence-electron chi connectivity index (χ2n) is 6.44. The van der Waals surface area contributed by atoms with Crippen molar-refractivity contribution >= 4 is 17.5 Å². The van der Waals surface area contributed by atoms with Crippen molar-refractivity contribution in [3.63, 3.8) is 0 Å². The van der Waals surface area contributed by atoms with Gasteiger partial charge in [0.15, 0.2) is 11.6 Å². The fourth-order valence-corrected chi connectivity index (χ4v) is 2.94. The number of ketones is 2. The van der Waals surface area contributed by atoms with E-state index < -0.39 is 5.97 Å². The number of carbonyl (C=O) groups excluding carboxylic acids is 2. The Balaban J connectivity index is 1.79. The van der Waals surface area contributed by atoms with Crippen LogP contribution >= 0.6 is 0 Å². The summed E-state index contributed by atoms with van der Waals surface area (Å²) in [6.07, 6.45) is 0.246. The molecule has 0 spiro atoms. The Morgan fingerprint density at radius 3 is 2.03 bits per heavy atom. The predicted octanol–water partition coefficient (Wildman–Crippen LogP) is 4.79. The standard InChI is InChI=1S/C24H20O5/c1-2-21(25)19-9-6-10-20(24(27)28)23(19)29-15-16-11-13-18(14-12-16)22(26)17-7-4-3-5-8-17/h3-14H,2,15H2,1H3,(H,27,28). The molecule has 0 unspecified atom stereocenters. The zero-order valence-corrected chi connectivity index (χ0v) is 15.9. The van der Waals surface area contributed by atoms with Crippen LogP contribution in [0.5, 0.6) is 5.75 Å². The van der Waals surface area contributed by atoms with E-state index in [0.29, 0.717) is 11.1 Å². The zero-order chi connectivity index (χ0) is 20.8. The molecule has 0 bridgehead atoms. The van der Waals surface area contributed by atoms with Gasteiger partial charge in [-0.2, -0.15) is 0 Å². The number of carboxylic acid groups (broad SMARTS) is 1. The average Bonchev–Trinajstić information content (AvgIpc) is 2.77. The van der Waals surface area contributed by atoms with Gasteiger partial charge in [-0.05, 0) is 17.7 Å². The van der Waals surface area contributed by atoms with E-state index in [4.69, 9.17) is 4.74 Å². The van der Waals surface area contributed by atoms with Crippen LogP contribution in [0.2, 0.25) is 0 Å². The van der Waals surface area contributed by atoms with Crippen LogP contribution in [-0.2, 0) is 6.61 Å².